The van der Waals surface area contributed by atoms with E-state index in [1.807, 2.05) is 0 Å². The van der Waals surface area contributed by atoms with Gasteiger partial charge >= 0.3 is 0 Å². The smallest absolute Gasteiger partial charge is 0.270 e. The summed E-state index contributed by atoms with van der Waals surface area (Å²) in [5.74, 6) is -1.85. The van der Waals surface area contributed by atoms with Crippen molar-refractivity contribution in [3.05, 3.63) is 28.0 Å². The van der Waals surface area contributed by atoms with Crippen LogP contribution in [0.5, 0.6) is 5.75 Å². The second-order valence-corrected chi connectivity index (χ2v) is 2.95. The van der Waals surface area contributed by atoms with Crippen LogP contribution in [0.3, 0.4) is 0 Å². The third-order valence-electron chi connectivity index (χ3n) is 1.33. The summed E-state index contributed by atoms with van der Waals surface area (Å²) in [6.07, 6.45) is -3.01. The zero-order valence-corrected chi connectivity index (χ0v) is 7.28. The number of phenols is 1. The molecule has 0 spiro atoms. The molecular weight excluding hydrogens is 237 g/mol. The van der Waals surface area contributed by atoms with Crippen molar-refractivity contribution < 1.29 is 18.3 Å². The van der Waals surface area contributed by atoms with Crippen LogP contribution in [0.15, 0.2) is 16.6 Å². The van der Waals surface area contributed by atoms with Crippen LogP contribution < -0.4 is 0 Å². The van der Waals surface area contributed by atoms with Crippen LogP contribution in [-0.4, -0.2) is 5.11 Å². The van der Waals surface area contributed by atoms with Crippen molar-refractivity contribution >= 4 is 15.9 Å². The number of rotatable bonds is 1. The van der Waals surface area contributed by atoms with Crippen LogP contribution in [0.1, 0.15) is 12.0 Å². The second kappa shape index (κ2) is 3.35. The SMILES string of the molecule is Oc1ccc(Br)c(F)c1C(F)F. The highest BCUT2D eigenvalue weighted by Crippen LogP contribution is 2.33. The Morgan fingerprint density at radius 2 is 1.92 bits per heavy atom. The van der Waals surface area contributed by atoms with Crippen molar-refractivity contribution in [3.63, 3.8) is 0 Å². The third kappa shape index (κ3) is 1.55. The molecule has 0 radical (unpaired) electrons. The summed E-state index contributed by atoms with van der Waals surface area (Å²) in [6, 6.07) is 2.17. The Kier molecular flexibility index (Phi) is 2.62. The molecule has 0 atom stereocenters. The minimum Gasteiger partial charge on any atom is -0.507 e. The molecule has 0 unspecified atom stereocenters. The normalized spacial score (nSPS) is 10.8. The molecule has 12 heavy (non-hydrogen) atoms. The van der Waals surface area contributed by atoms with Gasteiger partial charge in [0.05, 0.1) is 10.0 Å². The molecule has 1 rings (SSSR count). The number of aromatic hydroxyl groups is 1. The molecule has 1 aromatic carbocycles. The van der Waals surface area contributed by atoms with Crippen molar-refractivity contribution in [1.82, 2.24) is 0 Å². The highest BCUT2D eigenvalue weighted by atomic mass is 79.9. The maximum absolute atomic E-state index is 12.8. The first kappa shape index (κ1) is 9.38. The standard InChI is InChI=1S/C7H4BrF3O/c8-3-1-2-4(12)5(6(3)9)7(10)11/h1-2,7,12H. The van der Waals surface area contributed by atoms with Gasteiger partial charge in [0.25, 0.3) is 6.43 Å². The van der Waals surface area contributed by atoms with E-state index in [1.54, 1.807) is 0 Å². The van der Waals surface area contributed by atoms with Gasteiger partial charge in [-0.25, -0.2) is 13.2 Å². The molecule has 0 aliphatic rings. The molecule has 1 N–H and O–H groups in total. The fourth-order valence-corrected chi connectivity index (χ4v) is 1.11. The first-order valence-electron chi connectivity index (χ1n) is 2.99. The van der Waals surface area contributed by atoms with E-state index in [9.17, 15) is 13.2 Å². The summed E-state index contributed by atoms with van der Waals surface area (Å²) in [7, 11) is 0. The third-order valence-corrected chi connectivity index (χ3v) is 1.94. The van der Waals surface area contributed by atoms with Crippen LogP contribution in [0.4, 0.5) is 13.2 Å². The molecule has 0 saturated carbocycles. The molecule has 0 fully saturated rings. The van der Waals surface area contributed by atoms with Crippen LogP contribution in [0, 0.1) is 5.82 Å². The van der Waals surface area contributed by atoms with E-state index in [-0.39, 0.29) is 4.47 Å². The number of hydrogen-bond acceptors (Lipinski definition) is 1. The first-order valence-corrected chi connectivity index (χ1v) is 3.78. The van der Waals surface area contributed by atoms with Gasteiger partial charge in [-0.1, -0.05) is 0 Å². The molecule has 1 nitrogen and oxygen atoms in total. The largest absolute Gasteiger partial charge is 0.507 e. The van der Waals surface area contributed by atoms with Crippen LogP contribution in [0.2, 0.25) is 0 Å². The molecule has 5 heteroatoms. The number of alkyl halides is 2. The summed E-state index contributed by atoms with van der Waals surface area (Å²) in [5.41, 5.74) is -0.968. The van der Waals surface area contributed by atoms with Crippen LogP contribution >= 0.6 is 15.9 Å². The zero-order chi connectivity index (χ0) is 9.30. The maximum atomic E-state index is 12.8. The van der Waals surface area contributed by atoms with E-state index in [2.05, 4.69) is 15.9 Å². The summed E-state index contributed by atoms with van der Waals surface area (Å²) >= 11 is 2.73. The summed E-state index contributed by atoms with van der Waals surface area (Å²) < 4.78 is 36.8. The first-order chi connectivity index (χ1) is 5.54. The fraction of sp³-hybridized carbons (Fsp3) is 0.143. The second-order valence-electron chi connectivity index (χ2n) is 2.09. The average Bonchev–Trinajstić information content (AvgIpc) is 1.97. The molecule has 0 bridgehead atoms. The van der Waals surface area contributed by atoms with E-state index >= 15 is 0 Å². The van der Waals surface area contributed by atoms with E-state index in [0.29, 0.717) is 0 Å². The highest BCUT2D eigenvalue weighted by molar-refractivity contribution is 9.10. The van der Waals surface area contributed by atoms with Crippen molar-refractivity contribution in [1.29, 1.82) is 0 Å². The van der Waals surface area contributed by atoms with Gasteiger partial charge in [-0.15, -0.1) is 0 Å². The topological polar surface area (TPSA) is 20.2 Å². The lowest BCUT2D eigenvalue weighted by molar-refractivity contribution is 0.142. The van der Waals surface area contributed by atoms with Gasteiger partial charge < -0.3 is 5.11 Å². The van der Waals surface area contributed by atoms with Crippen molar-refractivity contribution in [2.45, 2.75) is 6.43 Å². The van der Waals surface area contributed by atoms with Crippen LogP contribution in [0.25, 0.3) is 0 Å². The van der Waals surface area contributed by atoms with Gasteiger partial charge in [-0.05, 0) is 28.1 Å². The maximum Gasteiger partial charge on any atom is 0.270 e. The van der Waals surface area contributed by atoms with Gasteiger partial charge in [-0.3, -0.25) is 0 Å². The lowest BCUT2D eigenvalue weighted by Gasteiger charge is -2.05. The minimum absolute atomic E-state index is 0.0874. The summed E-state index contributed by atoms with van der Waals surface area (Å²) in [4.78, 5) is 0. The zero-order valence-electron chi connectivity index (χ0n) is 5.69. The molecule has 0 aliphatic heterocycles. The molecule has 0 heterocycles. The molecule has 0 aromatic heterocycles. The van der Waals surface area contributed by atoms with E-state index < -0.39 is 23.6 Å². The van der Waals surface area contributed by atoms with Crippen molar-refractivity contribution in [2.24, 2.45) is 0 Å². The average molecular weight is 241 g/mol. The van der Waals surface area contributed by atoms with Crippen LogP contribution in [-0.2, 0) is 0 Å². The molecule has 1 aromatic rings. The molecule has 0 saturated heterocycles. The Hall–Kier alpha value is -0.710. The van der Waals surface area contributed by atoms with Crippen molar-refractivity contribution in [3.8, 4) is 5.75 Å². The number of benzene rings is 1. The monoisotopic (exact) mass is 240 g/mol. The van der Waals surface area contributed by atoms with E-state index in [0.717, 1.165) is 12.1 Å². The lowest BCUT2D eigenvalue weighted by Crippen LogP contribution is -1.92. The Labute approximate surface area is 75.0 Å². The lowest BCUT2D eigenvalue weighted by atomic mass is 10.2. The van der Waals surface area contributed by atoms with E-state index in [1.165, 1.54) is 0 Å². The van der Waals surface area contributed by atoms with Gasteiger partial charge in [0.15, 0.2) is 0 Å². The predicted octanol–water partition coefficient (Wildman–Crippen LogP) is 3.23. The molecule has 0 amide bonds. The quantitative estimate of drug-likeness (QED) is 0.800. The Morgan fingerprint density at radius 1 is 1.33 bits per heavy atom. The number of hydrogen-bond donors (Lipinski definition) is 1. The Balaban J connectivity index is 3.33. The predicted molar refractivity (Wildman–Crippen MR) is 40.7 cm³/mol. The molecular formula is C7H4BrF3O. The number of halogens is 4. The minimum atomic E-state index is -3.01. The summed E-state index contributed by atoms with van der Waals surface area (Å²) in [6.45, 7) is 0. The van der Waals surface area contributed by atoms with Gasteiger partial charge in [0, 0.05) is 0 Å². The molecule has 0 aliphatic carbocycles. The fourth-order valence-electron chi connectivity index (χ4n) is 0.764. The summed E-state index contributed by atoms with van der Waals surface area (Å²) in [5, 5.41) is 8.85. The van der Waals surface area contributed by atoms with Gasteiger partial charge in [-0.2, -0.15) is 0 Å². The Morgan fingerprint density at radius 3 is 2.33 bits per heavy atom. The molecule has 66 valence electrons. The van der Waals surface area contributed by atoms with Gasteiger partial charge in [0.2, 0.25) is 0 Å². The number of phenolic OH excluding ortho intramolecular Hbond substituents is 1. The van der Waals surface area contributed by atoms with Crippen molar-refractivity contribution in [2.75, 3.05) is 0 Å². The van der Waals surface area contributed by atoms with E-state index in [4.69, 9.17) is 5.11 Å². The Bertz CT molecular complexity index is 301. The van der Waals surface area contributed by atoms with Gasteiger partial charge in [0.1, 0.15) is 11.6 Å². The highest BCUT2D eigenvalue weighted by Gasteiger charge is 2.19.